The summed E-state index contributed by atoms with van der Waals surface area (Å²) < 4.78 is 26.1. The molecule has 1 saturated heterocycles. The van der Waals surface area contributed by atoms with Gasteiger partial charge in [-0.1, -0.05) is 6.07 Å². The molecule has 0 bridgehead atoms. The average molecular weight is 283 g/mol. The summed E-state index contributed by atoms with van der Waals surface area (Å²) >= 11 is 0. The second-order valence-corrected chi connectivity index (χ2v) is 6.87. The van der Waals surface area contributed by atoms with Gasteiger partial charge in [-0.3, -0.25) is 4.79 Å². The van der Waals surface area contributed by atoms with Gasteiger partial charge in [0.2, 0.25) is 10.0 Å². The highest BCUT2D eigenvalue weighted by molar-refractivity contribution is 7.89. The molecule has 5 nitrogen and oxygen atoms in total. The molecule has 0 spiro atoms. The molecule has 0 aliphatic carbocycles. The zero-order valence-corrected chi connectivity index (χ0v) is 11.8. The molecule has 1 aromatic rings. The number of carboxylic acid groups (broad SMARTS) is 1. The smallest absolute Gasteiger partial charge is 0.307 e. The van der Waals surface area contributed by atoms with Crippen LogP contribution in [-0.4, -0.2) is 36.9 Å². The van der Waals surface area contributed by atoms with Crippen LogP contribution in [0.15, 0.2) is 23.1 Å². The van der Waals surface area contributed by atoms with Crippen molar-refractivity contribution in [2.45, 2.75) is 25.2 Å². The van der Waals surface area contributed by atoms with E-state index in [4.69, 9.17) is 5.11 Å². The minimum atomic E-state index is -3.57. The zero-order valence-electron chi connectivity index (χ0n) is 11.0. The highest BCUT2D eigenvalue weighted by atomic mass is 32.2. The molecular weight excluding hydrogens is 266 g/mol. The monoisotopic (exact) mass is 283 g/mol. The Labute approximate surface area is 112 Å². The van der Waals surface area contributed by atoms with E-state index >= 15 is 0 Å². The summed E-state index contributed by atoms with van der Waals surface area (Å²) in [5, 5.41) is 8.93. The number of aliphatic carboxylic acids is 1. The van der Waals surface area contributed by atoms with E-state index < -0.39 is 21.9 Å². The molecule has 1 atom stereocenters. The summed E-state index contributed by atoms with van der Waals surface area (Å²) in [6.07, 6.45) is 0.374. The van der Waals surface area contributed by atoms with E-state index in [2.05, 4.69) is 0 Å². The van der Waals surface area contributed by atoms with Crippen molar-refractivity contribution in [2.24, 2.45) is 5.92 Å². The second kappa shape index (κ2) is 4.94. The van der Waals surface area contributed by atoms with Crippen LogP contribution in [0.2, 0.25) is 0 Å². The summed E-state index contributed by atoms with van der Waals surface area (Å²) in [5.41, 5.74) is 1.94. The third-order valence-electron chi connectivity index (χ3n) is 3.62. The molecule has 1 aromatic carbocycles. The molecular formula is C13H17NO4S. The first-order valence-corrected chi connectivity index (χ1v) is 7.56. The van der Waals surface area contributed by atoms with Crippen LogP contribution >= 0.6 is 0 Å². The van der Waals surface area contributed by atoms with Crippen LogP contribution in [0.4, 0.5) is 0 Å². The standard InChI is InChI=1S/C13H17NO4S/c1-9-3-4-12(7-10(9)2)19(17,18)14-6-5-11(8-14)13(15)16/h3-4,7,11H,5-6,8H2,1-2H3,(H,15,16)/t11-/m0/s1. The van der Waals surface area contributed by atoms with Crippen LogP contribution < -0.4 is 0 Å². The topological polar surface area (TPSA) is 74.7 Å². The lowest BCUT2D eigenvalue weighted by molar-refractivity contribution is -0.141. The maximum atomic E-state index is 12.4. The Balaban J connectivity index is 2.28. The Morgan fingerprint density at radius 3 is 2.53 bits per heavy atom. The summed E-state index contributed by atoms with van der Waals surface area (Å²) in [6, 6.07) is 4.98. The maximum absolute atomic E-state index is 12.4. The van der Waals surface area contributed by atoms with E-state index in [1.807, 2.05) is 13.8 Å². The summed E-state index contributed by atoms with van der Waals surface area (Å²) in [6.45, 7) is 4.11. The Bertz CT molecular complexity index is 609. The molecule has 0 amide bonds. The van der Waals surface area contributed by atoms with Gasteiger partial charge in [-0.2, -0.15) is 4.31 Å². The van der Waals surface area contributed by atoms with Crippen LogP contribution in [0.3, 0.4) is 0 Å². The fraction of sp³-hybridized carbons (Fsp3) is 0.462. The number of nitrogens with zero attached hydrogens (tertiary/aromatic N) is 1. The molecule has 2 rings (SSSR count). The first-order valence-electron chi connectivity index (χ1n) is 6.12. The summed E-state index contributed by atoms with van der Waals surface area (Å²) in [7, 11) is -3.57. The minimum absolute atomic E-state index is 0.0601. The predicted octanol–water partition coefficient (Wildman–Crippen LogP) is 1.40. The molecule has 0 unspecified atom stereocenters. The second-order valence-electron chi connectivity index (χ2n) is 4.93. The Kier molecular flexibility index (Phi) is 3.64. The maximum Gasteiger partial charge on any atom is 0.307 e. The summed E-state index contributed by atoms with van der Waals surface area (Å²) in [5.74, 6) is -1.53. The SMILES string of the molecule is Cc1ccc(S(=O)(=O)N2CC[C@H](C(=O)O)C2)cc1C. The molecule has 0 aromatic heterocycles. The predicted molar refractivity (Wildman–Crippen MR) is 70.4 cm³/mol. The summed E-state index contributed by atoms with van der Waals surface area (Å²) in [4.78, 5) is 11.1. The van der Waals surface area contributed by atoms with Crippen molar-refractivity contribution in [3.8, 4) is 0 Å². The number of hydrogen-bond donors (Lipinski definition) is 1. The van der Waals surface area contributed by atoms with Crippen LogP contribution in [-0.2, 0) is 14.8 Å². The molecule has 19 heavy (non-hydrogen) atoms. The zero-order chi connectivity index (χ0) is 14.2. The van der Waals surface area contributed by atoms with Gasteiger partial charge in [0.15, 0.2) is 0 Å². The van der Waals surface area contributed by atoms with Crippen LogP contribution in [0.1, 0.15) is 17.5 Å². The average Bonchev–Trinajstić information content (AvgIpc) is 2.82. The Morgan fingerprint density at radius 2 is 2.00 bits per heavy atom. The number of carboxylic acids is 1. The number of hydrogen-bond acceptors (Lipinski definition) is 3. The van der Waals surface area contributed by atoms with E-state index in [0.29, 0.717) is 6.42 Å². The van der Waals surface area contributed by atoms with Gasteiger partial charge in [-0.15, -0.1) is 0 Å². The van der Waals surface area contributed by atoms with Gasteiger partial charge in [0.05, 0.1) is 10.8 Å². The van der Waals surface area contributed by atoms with Crippen molar-refractivity contribution in [1.29, 1.82) is 0 Å². The molecule has 0 radical (unpaired) electrons. The van der Waals surface area contributed by atoms with Crippen molar-refractivity contribution in [3.05, 3.63) is 29.3 Å². The quantitative estimate of drug-likeness (QED) is 0.910. The first-order chi connectivity index (χ1) is 8.82. The number of carbonyl (C=O) groups is 1. The van der Waals surface area contributed by atoms with E-state index in [1.165, 1.54) is 4.31 Å². The van der Waals surface area contributed by atoms with Gasteiger partial charge in [0, 0.05) is 13.1 Å². The third kappa shape index (κ3) is 2.64. The van der Waals surface area contributed by atoms with Crippen molar-refractivity contribution >= 4 is 16.0 Å². The van der Waals surface area contributed by atoms with Gasteiger partial charge >= 0.3 is 5.97 Å². The van der Waals surface area contributed by atoms with Crippen molar-refractivity contribution < 1.29 is 18.3 Å². The molecule has 1 heterocycles. The molecule has 1 aliphatic heterocycles. The fourth-order valence-electron chi connectivity index (χ4n) is 2.17. The first kappa shape index (κ1) is 14.0. The lowest BCUT2D eigenvalue weighted by atomic mass is 10.1. The third-order valence-corrected chi connectivity index (χ3v) is 5.48. The highest BCUT2D eigenvalue weighted by Gasteiger charge is 2.35. The molecule has 1 aliphatic rings. The molecule has 1 fully saturated rings. The number of rotatable bonds is 3. The largest absolute Gasteiger partial charge is 0.481 e. The number of benzene rings is 1. The highest BCUT2D eigenvalue weighted by Crippen LogP contribution is 2.25. The normalized spacial score (nSPS) is 20.6. The van der Waals surface area contributed by atoms with E-state index in [9.17, 15) is 13.2 Å². The molecule has 104 valence electrons. The van der Waals surface area contributed by atoms with Crippen molar-refractivity contribution in [3.63, 3.8) is 0 Å². The van der Waals surface area contributed by atoms with Gasteiger partial charge in [0.1, 0.15) is 0 Å². The molecule has 6 heteroatoms. The van der Waals surface area contributed by atoms with Crippen molar-refractivity contribution in [1.82, 2.24) is 4.31 Å². The van der Waals surface area contributed by atoms with E-state index in [0.717, 1.165) is 11.1 Å². The number of aryl methyl sites for hydroxylation is 2. The van der Waals surface area contributed by atoms with E-state index in [1.54, 1.807) is 18.2 Å². The lowest BCUT2D eigenvalue weighted by Gasteiger charge is -2.16. The van der Waals surface area contributed by atoms with Crippen molar-refractivity contribution in [2.75, 3.05) is 13.1 Å². The van der Waals surface area contributed by atoms with Crippen LogP contribution in [0.25, 0.3) is 0 Å². The van der Waals surface area contributed by atoms with Gasteiger partial charge in [-0.05, 0) is 43.5 Å². The number of sulfonamides is 1. The van der Waals surface area contributed by atoms with Crippen LogP contribution in [0, 0.1) is 19.8 Å². The molecule has 0 saturated carbocycles. The minimum Gasteiger partial charge on any atom is -0.481 e. The Morgan fingerprint density at radius 1 is 1.32 bits per heavy atom. The molecule has 1 N–H and O–H groups in total. The lowest BCUT2D eigenvalue weighted by Crippen LogP contribution is -2.30. The van der Waals surface area contributed by atoms with Gasteiger partial charge < -0.3 is 5.11 Å². The van der Waals surface area contributed by atoms with Gasteiger partial charge in [0.25, 0.3) is 0 Å². The van der Waals surface area contributed by atoms with Crippen LogP contribution in [0.5, 0.6) is 0 Å². The van der Waals surface area contributed by atoms with Gasteiger partial charge in [-0.25, -0.2) is 8.42 Å². The fourth-order valence-corrected chi connectivity index (χ4v) is 3.76. The Hall–Kier alpha value is -1.40. The van der Waals surface area contributed by atoms with E-state index in [-0.39, 0.29) is 18.0 Å².